The minimum Gasteiger partial charge on any atom is -0.322 e. The first-order valence-corrected chi connectivity index (χ1v) is 7.96. The number of carbonyl (C=O) groups excluding carboxylic acids is 2. The van der Waals surface area contributed by atoms with E-state index in [9.17, 15) is 9.59 Å². The first-order chi connectivity index (χ1) is 11.1. The van der Waals surface area contributed by atoms with Crippen LogP contribution in [0, 0.1) is 6.92 Å². The lowest BCUT2D eigenvalue weighted by atomic mass is 9.98. The number of benzene rings is 2. The lowest BCUT2D eigenvalue weighted by Gasteiger charge is -2.25. The quantitative estimate of drug-likeness (QED) is 0.927. The summed E-state index contributed by atoms with van der Waals surface area (Å²) in [5.74, 6) is 0.121. The third-order valence-electron chi connectivity index (χ3n) is 4.59. The normalized spacial score (nSPS) is 15.5. The van der Waals surface area contributed by atoms with E-state index in [-0.39, 0.29) is 11.8 Å². The van der Waals surface area contributed by atoms with Crippen LogP contribution in [0.2, 0.25) is 0 Å². The van der Waals surface area contributed by atoms with E-state index >= 15 is 0 Å². The Morgan fingerprint density at radius 1 is 1.09 bits per heavy atom. The van der Waals surface area contributed by atoms with E-state index in [1.807, 2.05) is 48.2 Å². The molecular formula is C19H18N2O2. The van der Waals surface area contributed by atoms with Gasteiger partial charge in [-0.25, -0.2) is 0 Å². The molecule has 4 rings (SSSR count). The third-order valence-corrected chi connectivity index (χ3v) is 4.59. The smallest absolute Gasteiger partial charge is 0.255 e. The van der Waals surface area contributed by atoms with Crippen LogP contribution in [0.1, 0.15) is 33.5 Å². The van der Waals surface area contributed by atoms with Crippen molar-refractivity contribution < 1.29 is 9.59 Å². The minimum absolute atomic E-state index is 0.0948. The van der Waals surface area contributed by atoms with Crippen LogP contribution in [-0.2, 0) is 17.6 Å². The van der Waals surface area contributed by atoms with Gasteiger partial charge in [0, 0.05) is 24.2 Å². The van der Waals surface area contributed by atoms with Gasteiger partial charge in [-0.3, -0.25) is 9.59 Å². The summed E-state index contributed by atoms with van der Waals surface area (Å²) >= 11 is 0. The number of aryl methyl sites for hydroxylation is 2. The number of nitrogens with zero attached hydrogens (tertiary/aromatic N) is 1. The molecule has 2 aliphatic heterocycles. The van der Waals surface area contributed by atoms with Gasteiger partial charge in [0.05, 0.1) is 5.69 Å². The van der Waals surface area contributed by atoms with Gasteiger partial charge in [-0.05, 0) is 55.2 Å². The predicted molar refractivity (Wildman–Crippen MR) is 90.0 cm³/mol. The monoisotopic (exact) mass is 306 g/mol. The molecule has 23 heavy (non-hydrogen) atoms. The molecule has 4 nitrogen and oxygen atoms in total. The predicted octanol–water partition coefficient (Wildman–Crippen LogP) is 3.08. The van der Waals surface area contributed by atoms with Crippen molar-refractivity contribution in [2.45, 2.75) is 26.2 Å². The molecule has 0 atom stereocenters. The van der Waals surface area contributed by atoms with Gasteiger partial charge in [-0.2, -0.15) is 0 Å². The van der Waals surface area contributed by atoms with E-state index in [4.69, 9.17) is 0 Å². The number of carbonyl (C=O) groups is 2. The Labute approximate surface area is 135 Å². The van der Waals surface area contributed by atoms with Gasteiger partial charge in [-0.15, -0.1) is 0 Å². The SMILES string of the molecule is Cc1cccc(C(=O)Nc2cc3c4c(c2)CCN4C(=O)CC3)c1. The van der Waals surface area contributed by atoms with Crippen LogP contribution in [0.4, 0.5) is 11.4 Å². The third kappa shape index (κ3) is 2.40. The molecule has 2 heterocycles. The van der Waals surface area contributed by atoms with E-state index in [0.717, 1.165) is 41.9 Å². The molecule has 0 aliphatic carbocycles. The van der Waals surface area contributed by atoms with E-state index in [1.54, 1.807) is 0 Å². The van der Waals surface area contributed by atoms with Crippen LogP contribution < -0.4 is 10.2 Å². The van der Waals surface area contributed by atoms with Gasteiger partial charge < -0.3 is 10.2 Å². The number of rotatable bonds is 2. The summed E-state index contributed by atoms with van der Waals surface area (Å²) in [6, 6.07) is 11.6. The van der Waals surface area contributed by atoms with Crippen LogP contribution in [-0.4, -0.2) is 18.4 Å². The Hall–Kier alpha value is -2.62. The number of nitrogens with one attached hydrogen (secondary N) is 1. The highest BCUT2D eigenvalue weighted by Crippen LogP contribution is 2.38. The average Bonchev–Trinajstić information content (AvgIpc) is 2.96. The van der Waals surface area contributed by atoms with E-state index in [0.29, 0.717) is 12.0 Å². The van der Waals surface area contributed by atoms with Crippen LogP contribution in [0.15, 0.2) is 36.4 Å². The van der Waals surface area contributed by atoms with E-state index in [2.05, 4.69) is 5.32 Å². The molecule has 0 radical (unpaired) electrons. The van der Waals surface area contributed by atoms with Crippen molar-refractivity contribution in [3.63, 3.8) is 0 Å². The zero-order chi connectivity index (χ0) is 16.0. The highest BCUT2D eigenvalue weighted by atomic mass is 16.2. The van der Waals surface area contributed by atoms with Crippen molar-refractivity contribution in [3.8, 4) is 0 Å². The van der Waals surface area contributed by atoms with Crippen LogP contribution in [0.25, 0.3) is 0 Å². The molecular weight excluding hydrogens is 288 g/mol. The molecule has 0 fully saturated rings. The maximum absolute atomic E-state index is 12.4. The first-order valence-electron chi connectivity index (χ1n) is 7.96. The lowest BCUT2D eigenvalue weighted by Crippen LogP contribution is -2.32. The van der Waals surface area contributed by atoms with Crippen molar-refractivity contribution in [1.29, 1.82) is 0 Å². The van der Waals surface area contributed by atoms with Crippen molar-refractivity contribution in [1.82, 2.24) is 0 Å². The van der Waals surface area contributed by atoms with Gasteiger partial charge in [-0.1, -0.05) is 17.7 Å². The number of amides is 2. The van der Waals surface area contributed by atoms with Crippen LogP contribution in [0.5, 0.6) is 0 Å². The van der Waals surface area contributed by atoms with Gasteiger partial charge in [0.2, 0.25) is 5.91 Å². The molecule has 0 aromatic heterocycles. The van der Waals surface area contributed by atoms with Crippen molar-refractivity contribution >= 4 is 23.2 Å². The number of hydrogen-bond acceptors (Lipinski definition) is 2. The lowest BCUT2D eigenvalue weighted by molar-refractivity contribution is -0.118. The van der Waals surface area contributed by atoms with Crippen LogP contribution in [0.3, 0.4) is 0 Å². The Bertz CT molecular complexity index is 826. The standard InChI is InChI=1S/C19H18N2O2/c1-12-3-2-4-15(9-12)19(23)20-16-10-13-5-6-17(22)21-8-7-14(11-16)18(13)21/h2-4,9-11H,5-8H2,1H3,(H,20,23). The molecule has 0 saturated carbocycles. The summed E-state index contributed by atoms with van der Waals surface area (Å²) in [5, 5.41) is 3.00. The zero-order valence-electron chi connectivity index (χ0n) is 13.1. The molecule has 0 spiro atoms. The highest BCUT2D eigenvalue weighted by molar-refractivity contribution is 6.05. The summed E-state index contributed by atoms with van der Waals surface area (Å²) < 4.78 is 0. The Morgan fingerprint density at radius 3 is 2.65 bits per heavy atom. The van der Waals surface area contributed by atoms with E-state index in [1.165, 1.54) is 5.56 Å². The molecule has 0 unspecified atom stereocenters. The summed E-state index contributed by atoms with van der Waals surface area (Å²) in [6.45, 7) is 2.73. The fourth-order valence-electron chi connectivity index (χ4n) is 3.52. The second-order valence-corrected chi connectivity index (χ2v) is 6.26. The summed E-state index contributed by atoms with van der Waals surface area (Å²) in [6.07, 6.45) is 2.18. The molecule has 2 aliphatic rings. The molecule has 4 heteroatoms. The molecule has 2 amide bonds. The number of anilines is 2. The maximum atomic E-state index is 12.4. The largest absolute Gasteiger partial charge is 0.322 e. The van der Waals surface area contributed by atoms with Crippen molar-refractivity contribution in [2.75, 3.05) is 16.8 Å². The fraction of sp³-hybridized carbons (Fsp3) is 0.263. The van der Waals surface area contributed by atoms with Gasteiger partial charge in [0.1, 0.15) is 0 Å². The zero-order valence-corrected chi connectivity index (χ0v) is 13.1. The molecule has 0 saturated heterocycles. The summed E-state index contributed by atoms with van der Waals surface area (Å²) in [5.41, 5.74) is 5.96. The second-order valence-electron chi connectivity index (χ2n) is 6.26. The molecule has 116 valence electrons. The first kappa shape index (κ1) is 14.0. The van der Waals surface area contributed by atoms with Gasteiger partial charge in [0.15, 0.2) is 0 Å². The topological polar surface area (TPSA) is 49.4 Å². The Morgan fingerprint density at radius 2 is 1.87 bits per heavy atom. The number of hydrogen-bond donors (Lipinski definition) is 1. The molecule has 1 N–H and O–H groups in total. The maximum Gasteiger partial charge on any atom is 0.255 e. The molecule has 2 aromatic rings. The molecule has 2 aromatic carbocycles. The highest BCUT2D eigenvalue weighted by Gasteiger charge is 2.31. The average molecular weight is 306 g/mol. The summed E-state index contributed by atoms with van der Waals surface area (Å²) in [7, 11) is 0. The summed E-state index contributed by atoms with van der Waals surface area (Å²) in [4.78, 5) is 26.3. The molecule has 0 bridgehead atoms. The van der Waals surface area contributed by atoms with Gasteiger partial charge in [0.25, 0.3) is 5.91 Å². The van der Waals surface area contributed by atoms with Gasteiger partial charge >= 0.3 is 0 Å². The fourth-order valence-corrected chi connectivity index (χ4v) is 3.52. The van der Waals surface area contributed by atoms with E-state index < -0.39 is 0 Å². The van der Waals surface area contributed by atoms with Crippen LogP contribution >= 0.6 is 0 Å². The van der Waals surface area contributed by atoms with Crippen molar-refractivity contribution in [2.24, 2.45) is 0 Å². The Kier molecular flexibility index (Phi) is 3.18. The Balaban J connectivity index is 1.64. The second kappa shape index (κ2) is 5.23. The van der Waals surface area contributed by atoms with Crippen molar-refractivity contribution in [3.05, 3.63) is 58.7 Å². The minimum atomic E-state index is -0.0948.